The van der Waals surface area contributed by atoms with Gasteiger partial charge in [0.25, 0.3) is 0 Å². The summed E-state index contributed by atoms with van der Waals surface area (Å²) in [5, 5.41) is 0. The second-order valence-corrected chi connectivity index (χ2v) is 4.62. The van der Waals surface area contributed by atoms with E-state index in [0.29, 0.717) is 0 Å². The van der Waals surface area contributed by atoms with Crippen molar-refractivity contribution >= 4 is 0 Å². The molecule has 0 aliphatic rings. The summed E-state index contributed by atoms with van der Waals surface area (Å²) in [6.07, 6.45) is 0. The van der Waals surface area contributed by atoms with Gasteiger partial charge in [-0.25, -0.2) is 0 Å². The minimum atomic E-state index is 0. The van der Waals surface area contributed by atoms with E-state index in [0.717, 1.165) is 6.54 Å². The van der Waals surface area contributed by atoms with Crippen molar-refractivity contribution in [1.29, 1.82) is 0 Å². The van der Waals surface area contributed by atoms with Crippen LogP contribution in [-0.4, -0.2) is 24.0 Å². The average Bonchev–Trinajstić information content (AvgIpc) is 1.85. The second-order valence-electron chi connectivity index (χ2n) is 4.62. The van der Waals surface area contributed by atoms with Gasteiger partial charge >= 0.3 is 21.1 Å². The third-order valence-corrected chi connectivity index (χ3v) is 2.73. The first-order valence-electron chi connectivity index (χ1n) is 4.59. The first-order valence-corrected chi connectivity index (χ1v) is 4.59. The summed E-state index contributed by atoms with van der Waals surface area (Å²) in [6, 6.07) is 0. The van der Waals surface area contributed by atoms with Gasteiger partial charge in [0.15, 0.2) is 0 Å². The standard InChI is InChI=1S/C11H23N.W/c1-9(2)8-12(7)11(5,6)10(3)4;/h8H2,1-7H3;/q-2;+2. The van der Waals surface area contributed by atoms with E-state index in [1.165, 1.54) is 11.8 Å². The van der Waals surface area contributed by atoms with Gasteiger partial charge in [-0.1, -0.05) is 13.8 Å². The van der Waals surface area contributed by atoms with Crippen LogP contribution in [0.25, 0.3) is 0 Å². The van der Waals surface area contributed by atoms with Crippen LogP contribution in [0.2, 0.25) is 0 Å². The molecular weight excluding hydrogens is 330 g/mol. The van der Waals surface area contributed by atoms with Crippen LogP contribution in [0.5, 0.6) is 0 Å². The summed E-state index contributed by atoms with van der Waals surface area (Å²) in [5.41, 5.74) is 0.220. The molecule has 0 fully saturated rings. The summed E-state index contributed by atoms with van der Waals surface area (Å²) in [7, 11) is 2.18. The largest absolute Gasteiger partial charge is 2.00 e. The van der Waals surface area contributed by atoms with Gasteiger partial charge in [-0.15, -0.1) is 12.1 Å². The average molecular weight is 353 g/mol. The van der Waals surface area contributed by atoms with Gasteiger partial charge in [-0.3, -0.25) is 0 Å². The summed E-state index contributed by atoms with van der Waals surface area (Å²) >= 11 is 0. The third-order valence-electron chi connectivity index (χ3n) is 2.73. The zero-order chi connectivity index (χ0) is 9.94. The van der Waals surface area contributed by atoms with E-state index in [1.54, 1.807) is 0 Å². The number of rotatable bonds is 4. The molecule has 0 saturated heterocycles. The van der Waals surface area contributed by atoms with Crippen molar-refractivity contribution in [3.63, 3.8) is 0 Å². The van der Waals surface area contributed by atoms with Gasteiger partial charge in [0.2, 0.25) is 0 Å². The predicted octanol–water partition coefficient (Wildman–Crippen LogP) is 2.92. The van der Waals surface area contributed by atoms with Crippen molar-refractivity contribution in [2.45, 2.75) is 47.1 Å². The van der Waals surface area contributed by atoms with Crippen molar-refractivity contribution in [1.82, 2.24) is 4.90 Å². The molecule has 2 heteroatoms. The van der Waals surface area contributed by atoms with Crippen molar-refractivity contribution in [2.24, 2.45) is 0 Å². The van der Waals surface area contributed by atoms with E-state index in [1.807, 2.05) is 0 Å². The Balaban J connectivity index is 0. The van der Waals surface area contributed by atoms with Gasteiger partial charge in [-0.2, -0.15) is 27.7 Å². The molecule has 0 saturated carbocycles. The Labute approximate surface area is 98.5 Å². The first kappa shape index (κ1) is 16.1. The normalized spacial score (nSPS) is 12.5. The molecule has 0 heterocycles. The van der Waals surface area contributed by atoms with Crippen LogP contribution in [0.1, 0.15) is 41.5 Å². The van der Waals surface area contributed by atoms with Crippen molar-refractivity contribution in [3.05, 3.63) is 11.8 Å². The molecule has 0 aromatic heterocycles. The van der Waals surface area contributed by atoms with Crippen molar-refractivity contribution < 1.29 is 21.1 Å². The summed E-state index contributed by atoms with van der Waals surface area (Å²) < 4.78 is 0. The molecule has 0 aliphatic heterocycles. The molecule has 0 N–H and O–H groups in total. The molecule has 0 aromatic carbocycles. The van der Waals surface area contributed by atoms with Gasteiger partial charge in [0.1, 0.15) is 0 Å². The Morgan fingerprint density at radius 2 is 1.46 bits per heavy atom. The van der Waals surface area contributed by atoms with E-state index >= 15 is 0 Å². The second kappa shape index (κ2) is 6.19. The molecule has 0 rings (SSSR count). The Morgan fingerprint density at radius 3 is 1.69 bits per heavy atom. The van der Waals surface area contributed by atoms with Gasteiger partial charge in [-0.05, 0) is 7.05 Å². The van der Waals surface area contributed by atoms with Crippen LogP contribution >= 0.6 is 0 Å². The molecule has 13 heavy (non-hydrogen) atoms. The van der Waals surface area contributed by atoms with Gasteiger partial charge in [0, 0.05) is 0 Å². The quantitative estimate of drug-likeness (QED) is 0.703. The van der Waals surface area contributed by atoms with Crippen molar-refractivity contribution in [3.8, 4) is 0 Å². The van der Waals surface area contributed by atoms with Crippen LogP contribution in [0.15, 0.2) is 0 Å². The Hall–Kier alpha value is 0.648. The zero-order valence-corrected chi connectivity index (χ0v) is 13.0. The molecule has 0 bridgehead atoms. The van der Waals surface area contributed by atoms with Crippen LogP contribution in [0.3, 0.4) is 0 Å². The van der Waals surface area contributed by atoms with Crippen LogP contribution in [0, 0.1) is 11.8 Å². The summed E-state index contributed by atoms with van der Waals surface area (Å²) in [5.74, 6) is 2.93. The molecule has 0 aliphatic carbocycles. The SMILES string of the molecule is C[C-](C)CN(C)C(C)(C)[C-](C)C.[W+2]. The van der Waals surface area contributed by atoms with Crippen LogP contribution in [0.4, 0.5) is 0 Å². The Morgan fingerprint density at radius 1 is 1.08 bits per heavy atom. The number of nitrogens with zero attached hydrogens (tertiary/aromatic N) is 1. The zero-order valence-electron chi connectivity index (χ0n) is 10.1. The monoisotopic (exact) mass is 353 g/mol. The minimum absolute atomic E-state index is 0. The fourth-order valence-corrected chi connectivity index (χ4v) is 1.05. The van der Waals surface area contributed by atoms with Crippen LogP contribution in [-0.2, 0) is 21.1 Å². The topological polar surface area (TPSA) is 3.24 Å². The Kier molecular flexibility index (Phi) is 7.66. The van der Waals surface area contributed by atoms with E-state index in [9.17, 15) is 0 Å². The van der Waals surface area contributed by atoms with Crippen molar-refractivity contribution in [2.75, 3.05) is 13.6 Å². The first-order chi connectivity index (χ1) is 5.28. The van der Waals surface area contributed by atoms with Gasteiger partial charge < -0.3 is 16.7 Å². The fourth-order valence-electron chi connectivity index (χ4n) is 1.05. The molecule has 78 valence electrons. The van der Waals surface area contributed by atoms with E-state index < -0.39 is 0 Å². The molecular formula is C11H23NW. The number of hydrogen-bond donors (Lipinski definition) is 0. The fraction of sp³-hybridized carbons (Fsp3) is 0.818. The van der Waals surface area contributed by atoms with E-state index in [4.69, 9.17) is 0 Å². The molecule has 0 unspecified atom stereocenters. The maximum absolute atomic E-state index is 2.39. The maximum atomic E-state index is 2.39. The minimum Gasteiger partial charge on any atom is -0.359 e. The molecule has 0 aromatic rings. The molecule has 0 amide bonds. The molecule has 1 nitrogen and oxygen atoms in total. The van der Waals surface area contributed by atoms with E-state index in [-0.39, 0.29) is 26.6 Å². The predicted molar refractivity (Wildman–Crippen MR) is 55.9 cm³/mol. The Bertz CT molecular complexity index is 130. The van der Waals surface area contributed by atoms with Crippen LogP contribution < -0.4 is 0 Å². The van der Waals surface area contributed by atoms with Gasteiger partial charge in [0.05, 0.1) is 0 Å². The number of hydrogen-bond acceptors (Lipinski definition) is 1. The third kappa shape index (κ3) is 5.17. The maximum Gasteiger partial charge on any atom is 2.00 e. The van der Waals surface area contributed by atoms with E-state index in [2.05, 4.69) is 53.5 Å². The molecule has 0 atom stereocenters. The smallest absolute Gasteiger partial charge is 0.359 e. The summed E-state index contributed by atoms with van der Waals surface area (Å²) in [4.78, 5) is 2.39. The summed E-state index contributed by atoms with van der Waals surface area (Å²) in [6.45, 7) is 14.4. The molecule has 0 radical (unpaired) electrons. The molecule has 0 spiro atoms.